The Balaban J connectivity index is 1.78. The molecular formula is C14H23NO2. The van der Waals surface area contributed by atoms with E-state index < -0.39 is 0 Å². The highest BCUT2D eigenvalue weighted by Gasteiger charge is 2.31. The zero-order chi connectivity index (χ0) is 12.1. The minimum absolute atomic E-state index is 0.0150. The molecule has 1 aromatic rings. The molecule has 3 nitrogen and oxygen atoms in total. The Kier molecular flexibility index (Phi) is 4.24. The van der Waals surface area contributed by atoms with Gasteiger partial charge in [-0.1, -0.05) is 19.8 Å². The first-order chi connectivity index (χ1) is 8.28. The molecule has 0 aromatic carbocycles. The number of furan rings is 1. The molecule has 96 valence electrons. The van der Waals surface area contributed by atoms with Crippen molar-refractivity contribution in [2.45, 2.75) is 52.2 Å². The Morgan fingerprint density at radius 2 is 2.00 bits per heavy atom. The lowest BCUT2D eigenvalue weighted by molar-refractivity contribution is 0.238. The quantitative estimate of drug-likeness (QED) is 0.799. The van der Waals surface area contributed by atoms with Crippen molar-refractivity contribution in [2.24, 2.45) is 5.41 Å². The fourth-order valence-corrected chi connectivity index (χ4v) is 2.83. The maximum atomic E-state index is 8.91. The van der Waals surface area contributed by atoms with Crippen molar-refractivity contribution in [3.8, 4) is 0 Å². The van der Waals surface area contributed by atoms with Crippen LogP contribution in [0.25, 0.3) is 0 Å². The van der Waals surface area contributed by atoms with Gasteiger partial charge in [-0.3, -0.25) is 0 Å². The molecule has 1 saturated carbocycles. The van der Waals surface area contributed by atoms with E-state index in [0.717, 1.165) is 18.8 Å². The van der Waals surface area contributed by atoms with Crippen LogP contribution in [0.4, 0.5) is 0 Å². The number of rotatable bonds is 6. The predicted molar refractivity (Wildman–Crippen MR) is 67.5 cm³/mol. The molecule has 17 heavy (non-hydrogen) atoms. The maximum absolute atomic E-state index is 8.91. The Hall–Kier alpha value is -0.800. The highest BCUT2D eigenvalue weighted by atomic mass is 16.4. The molecule has 0 aliphatic heterocycles. The number of hydrogen-bond acceptors (Lipinski definition) is 3. The summed E-state index contributed by atoms with van der Waals surface area (Å²) in [4.78, 5) is 0. The van der Waals surface area contributed by atoms with Gasteiger partial charge in [0, 0.05) is 6.54 Å². The van der Waals surface area contributed by atoms with E-state index in [-0.39, 0.29) is 6.61 Å². The SMILES string of the molecule is CCC1(CNCc2ccc(CO)o2)CCCC1. The smallest absolute Gasteiger partial charge is 0.129 e. The summed E-state index contributed by atoms with van der Waals surface area (Å²) in [5.74, 6) is 1.56. The first kappa shape index (κ1) is 12.7. The molecule has 3 heteroatoms. The average Bonchev–Trinajstić information content (AvgIpc) is 2.98. The molecule has 0 amide bonds. The summed E-state index contributed by atoms with van der Waals surface area (Å²) < 4.78 is 5.45. The van der Waals surface area contributed by atoms with Crippen LogP contribution in [0.2, 0.25) is 0 Å². The lowest BCUT2D eigenvalue weighted by Crippen LogP contribution is -2.31. The van der Waals surface area contributed by atoms with Crippen LogP contribution >= 0.6 is 0 Å². The molecule has 1 aliphatic carbocycles. The van der Waals surface area contributed by atoms with E-state index in [2.05, 4.69) is 12.2 Å². The Bertz CT molecular complexity index is 340. The summed E-state index contributed by atoms with van der Waals surface area (Å²) >= 11 is 0. The van der Waals surface area contributed by atoms with Crippen LogP contribution in [-0.4, -0.2) is 11.7 Å². The number of aliphatic hydroxyl groups is 1. The van der Waals surface area contributed by atoms with E-state index in [0.29, 0.717) is 11.2 Å². The maximum Gasteiger partial charge on any atom is 0.129 e. The van der Waals surface area contributed by atoms with Gasteiger partial charge in [0.15, 0.2) is 0 Å². The van der Waals surface area contributed by atoms with Crippen LogP contribution in [0.1, 0.15) is 50.5 Å². The summed E-state index contributed by atoms with van der Waals surface area (Å²) in [6.07, 6.45) is 6.74. The van der Waals surface area contributed by atoms with Gasteiger partial charge in [0.05, 0.1) is 6.54 Å². The largest absolute Gasteiger partial charge is 0.462 e. The molecule has 0 atom stereocenters. The van der Waals surface area contributed by atoms with E-state index >= 15 is 0 Å². The molecule has 2 N–H and O–H groups in total. The third-order valence-corrected chi connectivity index (χ3v) is 4.09. The number of hydrogen-bond donors (Lipinski definition) is 2. The first-order valence-electron chi connectivity index (χ1n) is 6.67. The molecule has 1 aliphatic rings. The Labute approximate surface area is 103 Å². The second-order valence-corrected chi connectivity index (χ2v) is 5.19. The standard InChI is InChI=1S/C14H23NO2/c1-2-14(7-3-4-8-14)11-15-9-12-5-6-13(10-16)17-12/h5-6,15-16H,2-4,7-11H2,1H3. The molecule has 0 bridgehead atoms. The summed E-state index contributed by atoms with van der Waals surface area (Å²) in [5, 5.41) is 12.4. The topological polar surface area (TPSA) is 45.4 Å². The van der Waals surface area contributed by atoms with E-state index in [9.17, 15) is 0 Å². The third-order valence-electron chi connectivity index (χ3n) is 4.09. The number of aliphatic hydroxyl groups excluding tert-OH is 1. The summed E-state index contributed by atoms with van der Waals surface area (Å²) in [5.41, 5.74) is 0.520. The van der Waals surface area contributed by atoms with Gasteiger partial charge in [-0.2, -0.15) is 0 Å². The van der Waals surface area contributed by atoms with E-state index in [4.69, 9.17) is 9.52 Å². The monoisotopic (exact) mass is 237 g/mol. The lowest BCUT2D eigenvalue weighted by atomic mass is 9.83. The molecule has 2 rings (SSSR count). The second-order valence-electron chi connectivity index (χ2n) is 5.19. The van der Waals surface area contributed by atoms with Gasteiger partial charge in [-0.25, -0.2) is 0 Å². The van der Waals surface area contributed by atoms with Crippen LogP contribution < -0.4 is 5.32 Å². The van der Waals surface area contributed by atoms with Crippen molar-refractivity contribution >= 4 is 0 Å². The second kappa shape index (κ2) is 5.69. The fraction of sp³-hybridized carbons (Fsp3) is 0.714. The Morgan fingerprint density at radius 3 is 2.59 bits per heavy atom. The number of nitrogens with one attached hydrogen (secondary N) is 1. The zero-order valence-corrected chi connectivity index (χ0v) is 10.7. The minimum Gasteiger partial charge on any atom is -0.462 e. The Morgan fingerprint density at radius 1 is 1.29 bits per heavy atom. The molecule has 1 fully saturated rings. The summed E-state index contributed by atoms with van der Waals surface area (Å²) in [7, 11) is 0. The van der Waals surface area contributed by atoms with E-state index in [1.54, 1.807) is 0 Å². The van der Waals surface area contributed by atoms with Crippen molar-refractivity contribution < 1.29 is 9.52 Å². The van der Waals surface area contributed by atoms with Gasteiger partial charge in [-0.15, -0.1) is 0 Å². The average molecular weight is 237 g/mol. The molecule has 0 saturated heterocycles. The van der Waals surface area contributed by atoms with Gasteiger partial charge in [0.2, 0.25) is 0 Å². The van der Waals surface area contributed by atoms with Crippen LogP contribution in [0, 0.1) is 5.41 Å². The molecule has 0 unspecified atom stereocenters. The molecule has 1 heterocycles. The van der Waals surface area contributed by atoms with Crippen molar-refractivity contribution in [3.05, 3.63) is 23.7 Å². The minimum atomic E-state index is -0.0150. The highest BCUT2D eigenvalue weighted by Crippen LogP contribution is 2.40. The molecule has 0 spiro atoms. The fourth-order valence-electron chi connectivity index (χ4n) is 2.83. The van der Waals surface area contributed by atoms with E-state index in [1.165, 1.54) is 32.1 Å². The van der Waals surface area contributed by atoms with Crippen molar-refractivity contribution in [1.82, 2.24) is 5.32 Å². The lowest BCUT2D eigenvalue weighted by Gasteiger charge is -2.27. The van der Waals surface area contributed by atoms with Crippen LogP contribution in [0.5, 0.6) is 0 Å². The molecular weight excluding hydrogens is 214 g/mol. The third kappa shape index (κ3) is 3.11. The van der Waals surface area contributed by atoms with Crippen molar-refractivity contribution in [3.63, 3.8) is 0 Å². The molecule has 1 aromatic heterocycles. The highest BCUT2D eigenvalue weighted by molar-refractivity contribution is 5.06. The van der Waals surface area contributed by atoms with Crippen LogP contribution in [0.15, 0.2) is 16.5 Å². The summed E-state index contributed by atoms with van der Waals surface area (Å²) in [6, 6.07) is 3.77. The van der Waals surface area contributed by atoms with Crippen LogP contribution in [-0.2, 0) is 13.2 Å². The molecule has 0 radical (unpaired) electrons. The van der Waals surface area contributed by atoms with E-state index in [1.807, 2.05) is 12.1 Å². The zero-order valence-electron chi connectivity index (χ0n) is 10.7. The summed E-state index contributed by atoms with van der Waals surface area (Å²) in [6.45, 7) is 4.13. The first-order valence-corrected chi connectivity index (χ1v) is 6.67. The predicted octanol–water partition coefficient (Wildman–Crippen LogP) is 2.83. The van der Waals surface area contributed by atoms with Gasteiger partial charge in [0.25, 0.3) is 0 Å². The van der Waals surface area contributed by atoms with Gasteiger partial charge >= 0.3 is 0 Å². The van der Waals surface area contributed by atoms with Crippen LogP contribution in [0.3, 0.4) is 0 Å². The van der Waals surface area contributed by atoms with Crippen molar-refractivity contribution in [2.75, 3.05) is 6.54 Å². The van der Waals surface area contributed by atoms with Gasteiger partial charge in [-0.05, 0) is 36.8 Å². The van der Waals surface area contributed by atoms with Gasteiger partial charge < -0.3 is 14.8 Å². The van der Waals surface area contributed by atoms with Gasteiger partial charge in [0.1, 0.15) is 18.1 Å². The van der Waals surface area contributed by atoms with Crippen molar-refractivity contribution in [1.29, 1.82) is 0 Å². The normalized spacial score (nSPS) is 18.7.